The van der Waals surface area contributed by atoms with Crippen LogP contribution in [0.15, 0.2) is 0 Å². The highest BCUT2D eigenvalue weighted by molar-refractivity contribution is 4.41. The van der Waals surface area contributed by atoms with Crippen LogP contribution in [0, 0.1) is 13.8 Å². The largest absolute Gasteiger partial charge is 0.381 e. The first-order valence-electron chi connectivity index (χ1n) is 3.08. The summed E-state index contributed by atoms with van der Waals surface area (Å²) >= 11 is 0. The van der Waals surface area contributed by atoms with Crippen LogP contribution in [0.1, 0.15) is 19.3 Å². The van der Waals surface area contributed by atoms with Gasteiger partial charge < -0.3 is 4.74 Å². The molecular weight excluding hydrogens is 100 g/mol. The van der Waals surface area contributed by atoms with Crippen molar-refractivity contribution >= 4 is 0 Å². The molecule has 0 N–H and O–H groups in total. The Bertz CT molecular complexity index is 29.4. The lowest BCUT2D eigenvalue weighted by atomic mass is 10.3. The molecule has 0 aliphatic heterocycles. The van der Waals surface area contributed by atoms with Crippen molar-refractivity contribution in [3.63, 3.8) is 0 Å². The van der Waals surface area contributed by atoms with E-state index < -0.39 is 0 Å². The SMILES string of the molecule is [CH2]CCCCOC[CH2]. The molecule has 48 valence electrons. The number of ether oxygens (including phenoxy) is 1. The van der Waals surface area contributed by atoms with E-state index in [0.717, 1.165) is 19.4 Å². The molecule has 0 rings (SSSR count). The monoisotopic (exact) mass is 114 g/mol. The zero-order valence-corrected chi connectivity index (χ0v) is 5.36. The minimum atomic E-state index is 0.594. The van der Waals surface area contributed by atoms with Crippen LogP contribution in [0.2, 0.25) is 0 Å². The van der Waals surface area contributed by atoms with Gasteiger partial charge in [0, 0.05) is 13.2 Å². The molecule has 1 nitrogen and oxygen atoms in total. The van der Waals surface area contributed by atoms with Gasteiger partial charge in [-0.2, -0.15) is 0 Å². The molecule has 0 amide bonds. The molecular formula is C7H14O. The summed E-state index contributed by atoms with van der Waals surface area (Å²) in [4.78, 5) is 0. The standard InChI is InChI=1S/C7H14O/c1-3-5-6-7-8-4-2/h1-7H2. The fourth-order valence-corrected chi connectivity index (χ4v) is 0.483. The highest BCUT2D eigenvalue weighted by atomic mass is 16.5. The summed E-state index contributed by atoms with van der Waals surface area (Å²) in [5.74, 6) is 0. The van der Waals surface area contributed by atoms with Gasteiger partial charge in [0.2, 0.25) is 0 Å². The van der Waals surface area contributed by atoms with E-state index >= 15 is 0 Å². The lowest BCUT2D eigenvalue weighted by Gasteiger charge is -1.96. The Balaban J connectivity index is 2.53. The van der Waals surface area contributed by atoms with Crippen LogP contribution in [0.4, 0.5) is 0 Å². The average molecular weight is 114 g/mol. The highest BCUT2D eigenvalue weighted by Crippen LogP contribution is 1.92. The van der Waals surface area contributed by atoms with Crippen LogP contribution in [-0.4, -0.2) is 13.2 Å². The minimum absolute atomic E-state index is 0.594. The predicted octanol–water partition coefficient (Wildman–Crippen LogP) is 1.84. The Hall–Kier alpha value is -0.0400. The molecule has 0 aliphatic rings. The van der Waals surface area contributed by atoms with Crippen LogP contribution in [0.3, 0.4) is 0 Å². The predicted molar refractivity (Wildman–Crippen MR) is 35.4 cm³/mol. The second-order valence-corrected chi connectivity index (χ2v) is 1.67. The van der Waals surface area contributed by atoms with Crippen molar-refractivity contribution in [3.05, 3.63) is 13.8 Å². The average Bonchev–Trinajstić information content (AvgIpc) is 1.81. The van der Waals surface area contributed by atoms with Crippen molar-refractivity contribution in [2.75, 3.05) is 13.2 Å². The first-order chi connectivity index (χ1) is 3.91. The topological polar surface area (TPSA) is 9.23 Å². The molecule has 0 aromatic heterocycles. The van der Waals surface area contributed by atoms with Gasteiger partial charge in [-0.25, -0.2) is 0 Å². The second-order valence-electron chi connectivity index (χ2n) is 1.67. The number of hydrogen-bond donors (Lipinski definition) is 0. The molecule has 0 aliphatic carbocycles. The Labute approximate surface area is 52.0 Å². The summed E-state index contributed by atoms with van der Waals surface area (Å²) in [6.45, 7) is 8.70. The lowest BCUT2D eigenvalue weighted by molar-refractivity contribution is 0.156. The molecule has 0 bridgehead atoms. The maximum atomic E-state index is 5.00. The van der Waals surface area contributed by atoms with Crippen molar-refractivity contribution in [3.8, 4) is 0 Å². The third-order valence-electron chi connectivity index (χ3n) is 0.933. The molecule has 0 fully saturated rings. The van der Waals surface area contributed by atoms with E-state index in [1.807, 2.05) is 0 Å². The van der Waals surface area contributed by atoms with Gasteiger partial charge in [-0.3, -0.25) is 0 Å². The van der Waals surface area contributed by atoms with Crippen molar-refractivity contribution in [1.82, 2.24) is 0 Å². The van der Waals surface area contributed by atoms with E-state index in [0.29, 0.717) is 6.61 Å². The van der Waals surface area contributed by atoms with E-state index in [1.54, 1.807) is 0 Å². The van der Waals surface area contributed by atoms with Crippen molar-refractivity contribution in [1.29, 1.82) is 0 Å². The van der Waals surface area contributed by atoms with Gasteiger partial charge in [-0.1, -0.05) is 19.8 Å². The number of rotatable bonds is 5. The van der Waals surface area contributed by atoms with E-state index in [-0.39, 0.29) is 0 Å². The normalized spacial score (nSPS) is 9.75. The maximum absolute atomic E-state index is 5.00. The van der Waals surface area contributed by atoms with Crippen molar-refractivity contribution in [2.45, 2.75) is 19.3 Å². The third-order valence-corrected chi connectivity index (χ3v) is 0.933. The Morgan fingerprint density at radius 1 is 1.12 bits per heavy atom. The highest BCUT2D eigenvalue weighted by Gasteiger charge is 1.82. The van der Waals surface area contributed by atoms with Crippen molar-refractivity contribution < 1.29 is 4.74 Å². The molecule has 0 saturated carbocycles. The van der Waals surface area contributed by atoms with E-state index in [2.05, 4.69) is 13.8 Å². The van der Waals surface area contributed by atoms with E-state index in [1.165, 1.54) is 6.42 Å². The molecule has 8 heavy (non-hydrogen) atoms. The smallest absolute Gasteiger partial charge is 0.0466 e. The zero-order chi connectivity index (χ0) is 6.24. The number of hydrogen-bond acceptors (Lipinski definition) is 1. The first-order valence-corrected chi connectivity index (χ1v) is 3.08. The van der Waals surface area contributed by atoms with Crippen LogP contribution in [0.25, 0.3) is 0 Å². The third kappa shape index (κ3) is 5.96. The van der Waals surface area contributed by atoms with Gasteiger partial charge in [0.15, 0.2) is 0 Å². The summed E-state index contributed by atoms with van der Waals surface area (Å²) in [5, 5.41) is 0. The fraction of sp³-hybridized carbons (Fsp3) is 0.714. The summed E-state index contributed by atoms with van der Waals surface area (Å²) in [6, 6.07) is 0. The molecule has 0 saturated heterocycles. The molecule has 2 radical (unpaired) electrons. The van der Waals surface area contributed by atoms with Crippen molar-refractivity contribution in [2.24, 2.45) is 0 Å². The summed E-state index contributed by atoms with van der Waals surface area (Å²) in [7, 11) is 0. The van der Waals surface area contributed by atoms with Crippen LogP contribution in [0.5, 0.6) is 0 Å². The summed E-state index contributed by atoms with van der Waals surface area (Å²) in [6.07, 6.45) is 3.31. The van der Waals surface area contributed by atoms with Gasteiger partial charge in [-0.05, 0) is 13.3 Å². The van der Waals surface area contributed by atoms with Gasteiger partial charge in [0.05, 0.1) is 0 Å². The van der Waals surface area contributed by atoms with E-state index in [9.17, 15) is 0 Å². The maximum Gasteiger partial charge on any atom is 0.0466 e. The van der Waals surface area contributed by atoms with Crippen LogP contribution >= 0.6 is 0 Å². The Morgan fingerprint density at radius 3 is 2.38 bits per heavy atom. The lowest BCUT2D eigenvalue weighted by Crippen LogP contribution is -1.92. The van der Waals surface area contributed by atoms with Gasteiger partial charge in [-0.15, -0.1) is 0 Å². The molecule has 0 atom stereocenters. The van der Waals surface area contributed by atoms with Gasteiger partial charge in [0.1, 0.15) is 0 Å². The minimum Gasteiger partial charge on any atom is -0.381 e. The molecule has 0 aromatic carbocycles. The Morgan fingerprint density at radius 2 is 1.88 bits per heavy atom. The van der Waals surface area contributed by atoms with Crippen LogP contribution in [-0.2, 0) is 4.74 Å². The molecule has 0 heterocycles. The fourth-order valence-electron chi connectivity index (χ4n) is 0.483. The quantitative estimate of drug-likeness (QED) is 0.495. The molecule has 0 unspecified atom stereocenters. The summed E-state index contributed by atoms with van der Waals surface area (Å²) < 4.78 is 5.00. The molecule has 1 heteroatoms. The zero-order valence-electron chi connectivity index (χ0n) is 5.36. The van der Waals surface area contributed by atoms with E-state index in [4.69, 9.17) is 4.74 Å². The van der Waals surface area contributed by atoms with Gasteiger partial charge >= 0.3 is 0 Å². The first kappa shape index (κ1) is 7.96. The molecule has 0 spiro atoms. The second kappa shape index (κ2) is 6.96. The summed E-state index contributed by atoms with van der Waals surface area (Å²) in [5.41, 5.74) is 0. The Kier molecular flexibility index (Phi) is 6.93. The number of unbranched alkanes of at least 4 members (excludes halogenated alkanes) is 2. The van der Waals surface area contributed by atoms with Crippen LogP contribution < -0.4 is 0 Å². The van der Waals surface area contributed by atoms with Gasteiger partial charge in [0.25, 0.3) is 0 Å². The molecule has 0 aromatic rings.